The number of nitrogens with two attached hydrogens (primary N) is 2. The summed E-state index contributed by atoms with van der Waals surface area (Å²) in [6.45, 7) is 9.63. The van der Waals surface area contributed by atoms with E-state index in [1.165, 1.54) is 0 Å². The third kappa shape index (κ3) is 12.2. The van der Waals surface area contributed by atoms with Crippen molar-refractivity contribution in [2.75, 3.05) is 65.6 Å². The number of carbonyl (C=O) groups excluding carboxylic acids is 2. The van der Waals surface area contributed by atoms with Gasteiger partial charge in [-0.05, 0) is 13.8 Å². The molecule has 0 rings (SSSR count). The van der Waals surface area contributed by atoms with E-state index in [2.05, 4.69) is 9.80 Å². The standard InChI is InChI=1S/C16H34N4O4/c1-3-23-15(21)5-9-19(11-7-17)13-14-20(12-8-18)10-6-16(22)24-4-2/h3-14,17-18H2,1-2H3. The molecule has 0 saturated heterocycles. The van der Waals surface area contributed by atoms with Crippen LogP contribution in [0.5, 0.6) is 0 Å². The Labute approximate surface area is 145 Å². The van der Waals surface area contributed by atoms with Gasteiger partial charge in [0.15, 0.2) is 0 Å². The molecule has 0 aromatic heterocycles. The fraction of sp³-hybridized carbons (Fsp3) is 0.875. The SMILES string of the molecule is CCOC(=O)CCN(CCN)CCN(CCN)CCC(=O)OCC. The molecule has 4 N–H and O–H groups in total. The Hall–Kier alpha value is -1.22. The van der Waals surface area contributed by atoms with Gasteiger partial charge in [0.05, 0.1) is 26.1 Å². The summed E-state index contributed by atoms with van der Waals surface area (Å²) < 4.78 is 9.89. The molecule has 142 valence electrons. The maximum absolute atomic E-state index is 11.5. The zero-order chi connectivity index (χ0) is 18.2. The number of esters is 2. The molecule has 0 unspecified atom stereocenters. The van der Waals surface area contributed by atoms with Gasteiger partial charge in [0.2, 0.25) is 0 Å². The van der Waals surface area contributed by atoms with Gasteiger partial charge in [-0.3, -0.25) is 9.59 Å². The van der Waals surface area contributed by atoms with E-state index < -0.39 is 0 Å². The number of ether oxygens (including phenoxy) is 2. The van der Waals surface area contributed by atoms with Gasteiger partial charge in [0.1, 0.15) is 0 Å². The Kier molecular flexibility index (Phi) is 14.5. The molecule has 0 aliphatic carbocycles. The van der Waals surface area contributed by atoms with E-state index in [4.69, 9.17) is 20.9 Å². The van der Waals surface area contributed by atoms with E-state index in [9.17, 15) is 9.59 Å². The predicted molar refractivity (Wildman–Crippen MR) is 93.5 cm³/mol. The van der Waals surface area contributed by atoms with Gasteiger partial charge in [-0.2, -0.15) is 0 Å². The molecule has 0 saturated carbocycles. The number of nitrogens with zero attached hydrogens (tertiary/aromatic N) is 2. The topological polar surface area (TPSA) is 111 Å². The van der Waals surface area contributed by atoms with Crippen molar-refractivity contribution in [3.8, 4) is 0 Å². The van der Waals surface area contributed by atoms with Crippen molar-refractivity contribution in [1.82, 2.24) is 9.80 Å². The molecule has 24 heavy (non-hydrogen) atoms. The van der Waals surface area contributed by atoms with Crippen molar-refractivity contribution in [1.29, 1.82) is 0 Å². The molecule has 0 fully saturated rings. The highest BCUT2D eigenvalue weighted by molar-refractivity contribution is 5.69. The molecular formula is C16H34N4O4. The van der Waals surface area contributed by atoms with Crippen LogP contribution in [-0.2, 0) is 19.1 Å². The van der Waals surface area contributed by atoms with Crippen molar-refractivity contribution < 1.29 is 19.1 Å². The molecule has 0 aromatic carbocycles. The Morgan fingerprint density at radius 2 is 1.08 bits per heavy atom. The molecule has 0 amide bonds. The third-order valence-corrected chi connectivity index (χ3v) is 3.50. The minimum atomic E-state index is -0.194. The van der Waals surface area contributed by atoms with Gasteiger partial charge in [0, 0.05) is 52.4 Å². The zero-order valence-electron chi connectivity index (χ0n) is 15.2. The summed E-state index contributed by atoms with van der Waals surface area (Å²) in [5, 5.41) is 0. The van der Waals surface area contributed by atoms with Crippen LogP contribution in [0, 0.1) is 0 Å². The largest absolute Gasteiger partial charge is 0.466 e. The summed E-state index contributed by atoms with van der Waals surface area (Å²) in [6.07, 6.45) is 0.709. The minimum absolute atomic E-state index is 0.194. The highest BCUT2D eigenvalue weighted by Gasteiger charge is 2.12. The molecule has 0 spiro atoms. The fourth-order valence-corrected chi connectivity index (χ4v) is 2.28. The van der Waals surface area contributed by atoms with Crippen molar-refractivity contribution >= 4 is 11.9 Å². The Morgan fingerprint density at radius 1 is 0.708 bits per heavy atom. The van der Waals surface area contributed by atoms with Crippen LogP contribution < -0.4 is 11.5 Å². The second kappa shape index (κ2) is 15.3. The minimum Gasteiger partial charge on any atom is -0.466 e. The van der Waals surface area contributed by atoms with Crippen LogP contribution in [0.4, 0.5) is 0 Å². The lowest BCUT2D eigenvalue weighted by Crippen LogP contribution is -2.41. The van der Waals surface area contributed by atoms with Gasteiger partial charge in [-0.15, -0.1) is 0 Å². The first-order valence-electron chi connectivity index (χ1n) is 8.73. The highest BCUT2D eigenvalue weighted by Crippen LogP contribution is 1.98. The van der Waals surface area contributed by atoms with E-state index in [1.807, 2.05) is 0 Å². The second-order valence-electron chi connectivity index (χ2n) is 5.37. The van der Waals surface area contributed by atoms with Crippen LogP contribution in [0.2, 0.25) is 0 Å². The molecule has 0 bridgehead atoms. The monoisotopic (exact) mass is 346 g/mol. The van der Waals surface area contributed by atoms with Crippen LogP contribution in [0.3, 0.4) is 0 Å². The quantitative estimate of drug-likeness (QED) is 0.379. The van der Waals surface area contributed by atoms with Crippen molar-refractivity contribution in [3.63, 3.8) is 0 Å². The van der Waals surface area contributed by atoms with Gasteiger partial charge >= 0.3 is 11.9 Å². The van der Waals surface area contributed by atoms with E-state index in [-0.39, 0.29) is 11.9 Å². The fourth-order valence-electron chi connectivity index (χ4n) is 2.28. The summed E-state index contributed by atoms with van der Waals surface area (Å²) in [5.41, 5.74) is 11.3. The lowest BCUT2D eigenvalue weighted by atomic mass is 10.3. The number of carbonyl (C=O) groups is 2. The van der Waals surface area contributed by atoms with Crippen molar-refractivity contribution in [2.45, 2.75) is 26.7 Å². The smallest absolute Gasteiger partial charge is 0.307 e. The zero-order valence-corrected chi connectivity index (χ0v) is 15.2. The molecule has 8 heteroatoms. The van der Waals surface area contributed by atoms with Crippen LogP contribution in [0.15, 0.2) is 0 Å². The summed E-state index contributed by atoms with van der Waals surface area (Å²) in [5.74, 6) is -0.388. The van der Waals surface area contributed by atoms with E-state index >= 15 is 0 Å². The first kappa shape index (κ1) is 22.8. The average Bonchev–Trinajstić information content (AvgIpc) is 2.55. The molecule has 0 radical (unpaired) electrons. The highest BCUT2D eigenvalue weighted by atomic mass is 16.5. The van der Waals surface area contributed by atoms with Crippen molar-refractivity contribution in [3.05, 3.63) is 0 Å². The maximum Gasteiger partial charge on any atom is 0.307 e. The lowest BCUT2D eigenvalue weighted by molar-refractivity contribution is -0.144. The molecule has 8 nitrogen and oxygen atoms in total. The molecular weight excluding hydrogens is 312 g/mol. The normalized spacial score (nSPS) is 11.1. The first-order chi connectivity index (χ1) is 11.6. The Balaban J connectivity index is 4.26. The number of hydrogen-bond donors (Lipinski definition) is 2. The predicted octanol–water partition coefficient (Wildman–Crippen LogP) is -0.586. The van der Waals surface area contributed by atoms with Crippen molar-refractivity contribution in [2.24, 2.45) is 11.5 Å². The summed E-state index contributed by atoms with van der Waals surface area (Å²) in [7, 11) is 0. The van der Waals surface area contributed by atoms with Gasteiger partial charge < -0.3 is 30.7 Å². The number of hydrogen-bond acceptors (Lipinski definition) is 8. The van der Waals surface area contributed by atoms with Crippen LogP contribution in [0.1, 0.15) is 26.7 Å². The van der Waals surface area contributed by atoms with Gasteiger partial charge in [-0.25, -0.2) is 0 Å². The van der Waals surface area contributed by atoms with E-state index in [0.29, 0.717) is 65.3 Å². The van der Waals surface area contributed by atoms with E-state index in [1.54, 1.807) is 13.8 Å². The average molecular weight is 346 g/mol. The van der Waals surface area contributed by atoms with Crippen LogP contribution in [0.25, 0.3) is 0 Å². The maximum atomic E-state index is 11.5. The molecule has 0 atom stereocenters. The summed E-state index contributed by atoms with van der Waals surface area (Å²) >= 11 is 0. The van der Waals surface area contributed by atoms with Crippen LogP contribution >= 0.6 is 0 Å². The number of rotatable bonds is 15. The van der Waals surface area contributed by atoms with E-state index in [0.717, 1.165) is 13.1 Å². The lowest BCUT2D eigenvalue weighted by Gasteiger charge is -2.26. The summed E-state index contributed by atoms with van der Waals surface area (Å²) in [6, 6.07) is 0. The molecule has 0 heterocycles. The van der Waals surface area contributed by atoms with Gasteiger partial charge in [-0.1, -0.05) is 0 Å². The van der Waals surface area contributed by atoms with Gasteiger partial charge in [0.25, 0.3) is 0 Å². The van der Waals surface area contributed by atoms with Crippen LogP contribution in [-0.4, -0.2) is 87.3 Å². The summed E-state index contributed by atoms with van der Waals surface area (Å²) in [4.78, 5) is 27.2. The molecule has 0 aliphatic heterocycles. The molecule has 0 aromatic rings. The Morgan fingerprint density at radius 3 is 1.38 bits per heavy atom. The third-order valence-electron chi connectivity index (χ3n) is 3.50. The second-order valence-corrected chi connectivity index (χ2v) is 5.37. The Bertz CT molecular complexity index is 310. The molecule has 0 aliphatic rings. The first-order valence-corrected chi connectivity index (χ1v) is 8.73.